The van der Waals surface area contributed by atoms with Crippen LogP contribution in [0.5, 0.6) is 0 Å². The minimum absolute atomic E-state index is 1.01. The van der Waals surface area contributed by atoms with Crippen molar-refractivity contribution in [3.63, 3.8) is 0 Å². The van der Waals surface area contributed by atoms with Crippen LogP contribution in [0.1, 0.15) is 6.92 Å². The largest absolute Gasteiger partial charge is 0.339 e. The molecule has 0 atom stereocenters. The van der Waals surface area contributed by atoms with Gasteiger partial charge in [0.2, 0.25) is 0 Å². The highest BCUT2D eigenvalue weighted by atomic mass is 15.1. The Morgan fingerprint density at radius 1 is 0.760 bits per heavy atom. The molecule has 0 aliphatic carbocycles. The standard InChI is InChI=1S/C23H24N2/c1-3-24(2)15-16-25-22-12-8-7-11-20(22)21-14-13-19(17-23(21)25)18-9-5-4-6-10-18/h4-14,17H,3,15-16H2,1-2H3. The Hall–Kier alpha value is -2.58. The lowest BCUT2D eigenvalue weighted by molar-refractivity contribution is 0.339. The van der Waals surface area contributed by atoms with Crippen molar-refractivity contribution in [1.29, 1.82) is 0 Å². The molecule has 0 bridgehead atoms. The molecule has 3 aromatic carbocycles. The van der Waals surface area contributed by atoms with E-state index >= 15 is 0 Å². The number of para-hydroxylation sites is 1. The minimum Gasteiger partial charge on any atom is -0.339 e. The van der Waals surface area contributed by atoms with Gasteiger partial charge in [-0.2, -0.15) is 0 Å². The first-order valence-electron chi connectivity index (χ1n) is 9.03. The van der Waals surface area contributed by atoms with Crippen molar-refractivity contribution in [2.24, 2.45) is 0 Å². The smallest absolute Gasteiger partial charge is 0.0498 e. The van der Waals surface area contributed by atoms with E-state index in [0.717, 1.165) is 19.6 Å². The van der Waals surface area contributed by atoms with E-state index in [2.05, 4.69) is 96.2 Å². The number of fused-ring (bicyclic) bond motifs is 3. The summed E-state index contributed by atoms with van der Waals surface area (Å²) in [6.07, 6.45) is 0. The lowest BCUT2D eigenvalue weighted by atomic mass is 10.0. The normalized spacial score (nSPS) is 11.6. The lowest BCUT2D eigenvalue weighted by Gasteiger charge is -2.15. The van der Waals surface area contributed by atoms with Crippen LogP contribution in [-0.2, 0) is 6.54 Å². The number of hydrogen-bond acceptors (Lipinski definition) is 1. The third kappa shape index (κ3) is 2.94. The highest BCUT2D eigenvalue weighted by Crippen LogP contribution is 2.32. The first-order chi connectivity index (χ1) is 12.3. The van der Waals surface area contributed by atoms with Crippen LogP contribution in [0.2, 0.25) is 0 Å². The summed E-state index contributed by atoms with van der Waals surface area (Å²) in [5.74, 6) is 0. The molecule has 1 heterocycles. The van der Waals surface area contributed by atoms with Crippen LogP contribution in [0.25, 0.3) is 32.9 Å². The Kier molecular flexibility index (Phi) is 4.29. The molecule has 126 valence electrons. The van der Waals surface area contributed by atoms with Crippen molar-refractivity contribution in [3.8, 4) is 11.1 Å². The van der Waals surface area contributed by atoms with Gasteiger partial charge in [0.25, 0.3) is 0 Å². The highest BCUT2D eigenvalue weighted by Gasteiger charge is 2.11. The van der Waals surface area contributed by atoms with Gasteiger partial charge in [-0.15, -0.1) is 0 Å². The Morgan fingerprint density at radius 2 is 1.48 bits per heavy atom. The van der Waals surface area contributed by atoms with E-state index in [9.17, 15) is 0 Å². The molecule has 2 nitrogen and oxygen atoms in total. The third-order valence-electron chi connectivity index (χ3n) is 5.13. The van der Waals surface area contributed by atoms with E-state index in [-0.39, 0.29) is 0 Å². The Morgan fingerprint density at radius 3 is 2.28 bits per heavy atom. The first kappa shape index (κ1) is 15.9. The monoisotopic (exact) mass is 328 g/mol. The second-order valence-electron chi connectivity index (χ2n) is 6.66. The van der Waals surface area contributed by atoms with Crippen molar-refractivity contribution in [3.05, 3.63) is 72.8 Å². The molecule has 0 unspecified atom stereocenters. The topological polar surface area (TPSA) is 8.17 Å². The molecule has 0 aliphatic heterocycles. The number of benzene rings is 3. The summed E-state index contributed by atoms with van der Waals surface area (Å²) in [4.78, 5) is 2.36. The number of nitrogens with zero attached hydrogens (tertiary/aromatic N) is 2. The van der Waals surface area contributed by atoms with Gasteiger partial charge in [-0.05, 0) is 36.9 Å². The molecule has 0 aliphatic rings. The summed E-state index contributed by atoms with van der Waals surface area (Å²) in [5.41, 5.74) is 5.20. The predicted octanol–water partition coefficient (Wildman–Crippen LogP) is 5.41. The first-order valence-corrected chi connectivity index (χ1v) is 9.03. The summed E-state index contributed by atoms with van der Waals surface area (Å²) in [7, 11) is 2.18. The molecule has 4 rings (SSSR count). The van der Waals surface area contributed by atoms with Crippen LogP contribution >= 0.6 is 0 Å². The average Bonchev–Trinajstić information content (AvgIpc) is 3.00. The van der Waals surface area contributed by atoms with Crippen molar-refractivity contribution in [2.45, 2.75) is 13.5 Å². The van der Waals surface area contributed by atoms with Gasteiger partial charge in [-0.25, -0.2) is 0 Å². The zero-order chi connectivity index (χ0) is 17.2. The van der Waals surface area contributed by atoms with E-state index in [4.69, 9.17) is 0 Å². The molecule has 0 amide bonds. The molecule has 4 aromatic rings. The minimum atomic E-state index is 1.01. The van der Waals surface area contributed by atoms with Gasteiger partial charge in [0.15, 0.2) is 0 Å². The number of hydrogen-bond donors (Lipinski definition) is 0. The van der Waals surface area contributed by atoms with E-state index in [1.54, 1.807) is 0 Å². The molecular formula is C23H24N2. The van der Waals surface area contributed by atoms with E-state index in [1.807, 2.05) is 0 Å². The molecule has 1 aromatic heterocycles. The van der Waals surface area contributed by atoms with E-state index < -0.39 is 0 Å². The van der Waals surface area contributed by atoms with E-state index in [0.29, 0.717) is 0 Å². The van der Waals surface area contributed by atoms with Gasteiger partial charge in [0, 0.05) is 34.9 Å². The summed E-state index contributed by atoms with van der Waals surface area (Å²) in [6, 6.07) is 26.2. The fourth-order valence-corrected chi connectivity index (χ4v) is 3.53. The summed E-state index contributed by atoms with van der Waals surface area (Å²) >= 11 is 0. The number of rotatable bonds is 5. The van der Waals surface area contributed by atoms with Gasteiger partial charge >= 0.3 is 0 Å². The van der Waals surface area contributed by atoms with Gasteiger partial charge in [0.05, 0.1) is 0 Å². The highest BCUT2D eigenvalue weighted by molar-refractivity contribution is 6.09. The summed E-state index contributed by atoms with van der Waals surface area (Å²) in [6.45, 7) is 5.35. The second kappa shape index (κ2) is 6.73. The molecule has 0 N–H and O–H groups in total. The quantitative estimate of drug-likeness (QED) is 0.475. The van der Waals surface area contributed by atoms with Gasteiger partial charge in [-0.1, -0.05) is 67.6 Å². The maximum atomic E-state index is 2.48. The molecule has 0 saturated heterocycles. The fourth-order valence-electron chi connectivity index (χ4n) is 3.53. The third-order valence-corrected chi connectivity index (χ3v) is 5.13. The van der Waals surface area contributed by atoms with Crippen molar-refractivity contribution < 1.29 is 0 Å². The zero-order valence-electron chi connectivity index (χ0n) is 14.9. The van der Waals surface area contributed by atoms with Gasteiger partial charge < -0.3 is 9.47 Å². The lowest BCUT2D eigenvalue weighted by Crippen LogP contribution is -2.22. The molecule has 0 fully saturated rings. The van der Waals surface area contributed by atoms with Crippen LogP contribution in [0.3, 0.4) is 0 Å². The maximum Gasteiger partial charge on any atom is 0.0498 e. The SMILES string of the molecule is CCN(C)CCn1c2ccccc2c2ccc(-c3ccccc3)cc21. The average molecular weight is 328 g/mol. The predicted molar refractivity (Wildman–Crippen MR) is 108 cm³/mol. The molecule has 25 heavy (non-hydrogen) atoms. The Bertz CT molecular complexity index is 999. The van der Waals surface area contributed by atoms with Gasteiger partial charge in [-0.3, -0.25) is 0 Å². The Balaban J connectivity index is 1.89. The second-order valence-corrected chi connectivity index (χ2v) is 6.66. The van der Waals surface area contributed by atoms with Crippen LogP contribution in [-0.4, -0.2) is 29.6 Å². The van der Waals surface area contributed by atoms with Crippen LogP contribution in [0.4, 0.5) is 0 Å². The van der Waals surface area contributed by atoms with E-state index in [1.165, 1.54) is 32.9 Å². The molecule has 0 saturated carbocycles. The number of likely N-dealkylation sites (N-methyl/N-ethyl adjacent to an activating group) is 1. The van der Waals surface area contributed by atoms with Crippen molar-refractivity contribution >= 4 is 21.8 Å². The Labute approximate surface area is 149 Å². The summed E-state index contributed by atoms with van der Waals surface area (Å²) < 4.78 is 2.48. The van der Waals surface area contributed by atoms with Crippen LogP contribution in [0, 0.1) is 0 Å². The van der Waals surface area contributed by atoms with Crippen molar-refractivity contribution in [1.82, 2.24) is 9.47 Å². The van der Waals surface area contributed by atoms with Crippen molar-refractivity contribution in [2.75, 3.05) is 20.1 Å². The van der Waals surface area contributed by atoms with Crippen LogP contribution in [0.15, 0.2) is 72.8 Å². The van der Waals surface area contributed by atoms with Crippen LogP contribution < -0.4 is 0 Å². The fraction of sp³-hybridized carbons (Fsp3) is 0.217. The zero-order valence-corrected chi connectivity index (χ0v) is 14.9. The molecule has 0 radical (unpaired) electrons. The molecule has 0 spiro atoms. The van der Waals surface area contributed by atoms with Gasteiger partial charge in [0.1, 0.15) is 0 Å². The maximum absolute atomic E-state index is 2.48. The number of aromatic nitrogens is 1. The molecular weight excluding hydrogens is 304 g/mol. The summed E-state index contributed by atoms with van der Waals surface area (Å²) in [5, 5.41) is 2.69. The molecule has 2 heteroatoms.